The molecule has 0 saturated carbocycles. The zero-order valence-electron chi connectivity index (χ0n) is 8.25. The average Bonchev–Trinajstić information content (AvgIpc) is 2.01. The van der Waals surface area contributed by atoms with Gasteiger partial charge in [0, 0.05) is 4.47 Å². The van der Waals surface area contributed by atoms with Crippen LogP contribution in [-0.2, 0) is 11.2 Å². The molecule has 76 valence electrons. The number of aliphatic carboxylic acids is 1. The maximum atomic E-state index is 10.5. The molecule has 0 radical (unpaired) electrons. The van der Waals surface area contributed by atoms with Crippen molar-refractivity contribution in [1.29, 1.82) is 0 Å². The monoisotopic (exact) mass is 256 g/mol. The molecule has 0 aromatic heterocycles. The number of carboxylic acids is 1. The van der Waals surface area contributed by atoms with Crippen molar-refractivity contribution in [2.75, 3.05) is 0 Å². The number of hydrogen-bond donors (Lipinski definition) is 1. The van der Waals surface area contributed by atoms with Crippen molar-refractivity contribution < 1.29 is 9.90 Å². The Morgan fingerprint density at radius 2 is 2.14 bits per heavy atom. The number of carboxylic acid groups (broad SMARTS) is 1. The summed E-state index contributed by atoms with van der Waals surface area (Å²) >= 11 is 3.44. The predicted octanol–water partition coefficient (Wildman–Crippen LogP) is 3.20. The normalized spacial score (nSPS) is 10.6. The Morgan fingerprint density at radius 1 is 1.50 bits per heavy atom. The van der Waals surface area contributed by atoms with Gasteiger partial charge in [0.2, 0.25) is 0 Å². The number of rotatable bonds is 3. The van der Waals surface area contributed by atoms with E-state index in [1.807, 2.05) is 18.2 Å². The molecule has 1 N–H and O–H groups in total. The van der Waals surface area contributed by atoms with Crippen LogP contribution in [-0.4, -0.2) is 11.1 Å². The van der Waals surface area contributed by atoms with Crippen molar-refractivity contribution in [3.05, 3.63) is 33.8 Å². The summed E-state index contributed by atoms with van der Waals surface area (Å²) < 4.78 is 0.992. The molecule has 0 saturated heterocycles. The summed E-state index contributed by atoms with van der Waals surface area (Å²) in [6.07, 6.45) is 0.0803. The maximum Gasteiger partial charge on any atom is 0.307 e. The molecule has 1 aromatic rings. The van der Waals surface area contributed by atoms with E-state index < -0.39 is 5.97 Å². The molecule has 0 fully saturated rings. The number of carbonyl (C=O) groups is 1. The third-order valence-electron chi connectivity index (χ3n) is 2.04. The third-order valence-corrected chi connectivity index (χ3v) is 2.73. The lowest BCUT2D eigenvalue weighted by Crippen LogP contribution is -2.00. The van der Waals surface area contributed by atoms with Crippen molar-refractivity contribution in [3.63, 3.8) is 0 Å². The lowest BCUT2D eigenvalue weighted by atomic mass is 10.0. The number of halogens is 1. The van der Waals surface area contributed by atoms with Gasteiger partial charge in [0.1, 0.15) is 0 Å². The molecular formula is C11H13BrO2. The zero-order valence-corrected chi connectivity index (χ0v) is 9.84. The van der Waals surface area contributed by atoms with Crippen LogP contribution in [0, 0.1) is 0 Å². The first kappa shape index (κ1) is 11.2. The quantitative estimate of drug-likeness (QED) is 0.902. The summed E-state index contributed by atoms with van der Waals surface area (Å²) in [6, 6.07) is 5.73. The summed E-state index contributed by atoms with van der Waals surface area (Å²) in [7, 11) is 0. The highest BCUT2D eigenvalue weighted by Gasteiger charge is 2.06. The topological polar surface area (TPSA) is 37.3 Å². The van der Waals surface area contributed by atoms with Gasteiger partial charge in [-0.3, -0.25) is 4.79 Å². The molecule has 1 rings (SSSR count). The van der Waals surface area contributed by atoms with Gasteiger partial charge in [-0.25, -0.2) is 0 Å². The fourth-order valence-electron chi connectivity index (χ4n) is 1.32. The highest BCUT2D eigenvalue weighted by atomic mass is 79.9. The Labute approximate surface area is 92.1 Å². The fraction of sp³-hybridized carbons (Fsp3) is 0.364. The Kier molecular flexibility index (Phi) is 3.69. The molecule has 0 amide bonds. The van der Waals surface area contributed by atoms with Crippen LogP contribution < -0.4 is 0 Å². The lowest BCUT2D eigenvalue weighted by molar-refractivity contribution is -0.136. The highest BCUT2D eigenvalue weighted by Crippen LogP contribution is 2.25. The minimum Gasteiger partial charge on any atom is -0.481 e. The van der Waals surface area contributed by atoms with E-state index in [9.17, 15) is 4.79 Å². The van der Waals surface area contributed by atoms with Crippen LogP contribution in [0.15, 0.2) is 22.7 Å². The smallest absolute Gasteiger partial charge is 0.307 e. The standard InChI is InChI=1S/C11H13BrO2/c1-7(2)9-4-3-8(5-10(9)12)6-11(13)14/h3-5,7H,6H2,1-2H3,(H,13,14). The van der Waals surface area contributed by atoms with Gasteiger partial charge in [0.05, 0.1) is 6.42 Å². The zero-order chi connectivity index (χ0) is 10.7. The Hall–Kier alpha value is -0.830. The van der Waals surface area contributed by atoms with Gasteiger partial charge in [0.25, 0.3) is 0 Å². The van der Waals surface area contributed by atoms with Crippen LogP contribution in [0.3, 0.4) is 0 Å². The van der Waals surface area contributed by atoms with Crippen molar-refractivity contribution in [1.82, 2.24) is 0 Å². The largest absolute Gasteiger partial charge is 0.481 e. The molecule has 0 spiro atoms. The second kappa shape index (κ2) is 4.60. The Morgan fingerprint density at radius 3 is 2.57 bits per heavy atom. The van der Waals surface area contributed by atoms with Gasteiger partial charge < -0.3 is 5.11 Å². The lowest BCUT2D eigenvalue weighted by Gasteiger charge is -2.09. The second-order valence-electron chi connectivity index (χ2n) is 3.58. The van der Waals surface area contributed by atoms with E-state index in [0.29, 0.717) is 5.92 Å². The van der Waals surface area contributed by atoms with Gasteiger partial charge in [0.15, 0.2) is 0 Å². The van der Waals surface area contributed by atoms with Gasteiger partial charge >= 0.3 is 5.97 Å². The van der Waals surface area contributed by atoms with Gasteiger partial charge in [-0.1, -0.05) is 41.9 Å². The van der Waals surface area contributed by atoms with E-state index in [2.05, 4.69) is 29.8 Å². The minimum absolute atomic E-state index is 0.0803. The van der Waals surface area contributed by atoms with Crippen molar-refractivity contribution >= 4 is 21.9 Å². The van der Waals surface area contributed by atoms with E-state index >= 15 is 0 Å². The summed E-state index contributed by atoms with van der Waals surface area (Å²) in [4.78, 5) is 10.5. The molecule has 0 aliphatic carbocycles. The van der Waals surface area contributed by atoms with Crippen LogP contribution in [0.4, 0.5) is 0 Å². The van der Waals surface area contributed by atoms with E-state index in [-0.39, 0.29) is 6.42 Å². The van der Waals surface area contributed by atoms with Gasteiger partial charge in [-0.05, 0) is 23.1 Å². The molecule has 0 aliphatic heterocycles. The third kappa shape index (κ3) is 2.84. The van der Waals surface area contributed by atoms with Crippen LogP contribution in [0.25, 0.3) is 0 Å². The highest BCUT2D eigenvalue weighted by molar-refractivity contribution is 9.10. The fourth-order valence-corrected chi connectivity index (χ4v) is 2.21. The van der Waals surface area contributed by atoms with Gasteiger partial charge in [-0.2, -0.15) is 0 Å². The SMILES string of the molecule is CC(C)c1ccc(CC(=O)O)cc1Br. The molecule has 3 heteroatoms. The summed E-state index contributed by atoms with van der Waals surface area (Å²) in [5.41, 5.74) is 2.04. The molecule has 0 unspecified atom stereocenters. The van der Waals surface area contributed by atoms with E-state index in [0.717, 1.165) is 10.0 Å². The average molecular weight is 257 g/mol. The number of benzene rings is 1. The summed E-state index contributed by atoms with van der Waals surface area (Å²) in [6.45, 7) is 4.22. The van der Waals surface area contributed by atoms with Crippen LogP contribution >= 0.6 is 15.9 Å². The van der Waals surface area contributed by atoms with E-state index in [4.69, 9.17) is 5.11 Å². The van der Waals surface area contributed by atoms with E-state index in [1.165, 1.54) is 5.56 Å². The first-order valence-corrected chi connectivity index (χ1v) is 5.30. The first-order chi connectivity index (χ1) is 6.50. The Bertz CT molecular complexity index is 345. The summed E-state index contributed by atoms with van der Waals surface area (Å²) in [5, 5.41) is 8.62. The Balaban J connectivity index is 2.94. The molecular weight excluding hydrogens is 244 g/mol. The molecule has 0 heterocycles. The predicted molar refractivity (Wildman–Crippen MR) is 59.6 cm³/mol. The molecule has 0 atom stereocenters. The molecule has 14 heavy (non-hydrogen) atoms. The van der Waals surface area contributed by atoms with Gasteiger partial charge in [-0.15, -0.1) is 0 Å². The van der Waals surface area contributed by atoms with Crippen molar-refractivity contribution in [2.24, 2.45) is 0 Å². The van der Waals surface area contributed by atoms with E-state index in [1.54, 1.807) is 0 Å². The van der Waals surface area contributed by atoms with Crippen molar-refractivity contribution in [2.45, 2.75) is 26.2 Å². The maximum absolute atomic E-state index is 10.5. The van der Waals surface area contributed by atoms with Crippen LogP contribution in [0.1, 0.15) is 30.9 Å². The first-order valence-electron chi connectivity index (χ1n) is 4.51. The summed E-state index contributed by atoms with van der Waals surface area (Å²) in [5.74, 6) is -0.350. The van der Waals surface area contributed by atoms with Crippen LogP contribution in [0.5, 0.6) is 0 Å². The minimum atomic E-state index is -0.797. The molecule has 0 bridgehead atoms. The second-order valence-corrected chi connectivity index (χ2v) is 4.44. The number of hydrogen-bond acceptors (Lipinski definition) is 1. The molecule has 1 aromatic carbocycles. The molecule has 2 nitrogen and oxygen atoms in total. The molecule has 0 aliphatic rings. The van der Waals surface area contributed by atoms with Crippen molar-refractivity contribution in [3.8, 4) is 0 Å². The van der Waals surface area contributed by atoms with Crippen LogP contribution in [0.2, 0.25) is 0 Å².